The highest BCUT2D eigenvalue weighted by Crippen LogP contribution is 2.87. The number of hydrogen-bond acceptors (Lipinski definition) is 6. The maximum Gasteiger partial charge on any atom is 0.317 e. The van der Waals surface area contributed by atoms with Crippen molar-refractivity contribution < 1.29 is 19.1 Å². The lowest BCUT2D eigenvalue weighted by molar-refractivity contribution is -0.155. The van der Waals surface area contributed by atoms with Gasteiger partial charge in [-0.05, 0) is 22.9 Å². The van der Waals surface area contributed by atoms with Gasteiger partial charge in [0.15, 0.2) is 0 Å². The van der Waals surface area contributed by atoms with Crippen LogP contribution in [0.1, 0.15) is 23.2 Å². The van der Waals surface area contributed by atoms with Gasteiger partial charge in [0.1, 0.15) is 10.8 Å². The first-order valence-corrected chi connectivity index (χ1v) is 9.16. The highest BCUT2D eigenvalue weighted by molar-refractivity contribution is 6.04. The van der Waals surface area contributed by atoms with E-state index in [2.05, 4.69) is 0 Å². The zero-order valence-corrected chi connectivity index (χ0v) is 15.3. The maximum absolute atomic E-state index is 12.9. The zero-order chi connectivity index (χ0) is 19.3. The molecule has 3 aromatic rings. The molecule has 138 valence electrons. The Hall–Kier alpha value is -3.28. The second-order valence-electron chi connectivity index (χ2n) is 7.67. The number of benzene rings is 2. The molecule has 1 fully saturated rings. The van der Waals surface area contributed by atoms with Crippen LogP contribution < -0.4 is 0 Å². The van der Waals surface area contributed by atoms with Crippen molar-refractivity contribution in [1.29, 1.82) is 0 Å². The third-order valence-electron chi connectivity index (χ3n) is 6.76. The number of allylic oxidation sites excluding steroid dienone is 1. The number of aromatic nitrogens is 2. The Morgan fingerprint density at radius 3 is 2.14 bits per heavy atom. The minimum atomic E-state index is -1.04. The summed E-state index contributed by atoms with van der Waals surface area (Å²) < 4.78 is 10.2. The molecule has 0 saturated heterocycles. The summed E-state index contributed by atoms with van der Waals surface area (Å²) in [5.74, 6) is -1.56. The van der Waals surface area contributed by atoms with Crippen LogP contribution in [-0.4, -0.2) is 36.1 Å². The normalized spacial score (nSPS) is 30.9. The summed E-state index contributed by atoms with van der Waals surface area (Å²) in [6, 6.07) is 12.0. The third kappa shape index (κ3) is 1.43. The smallest absolute Gasteiger partial charge is 0.317 e. The standard InChI is InChI=1S/C22H16N2O4/c1-27-19(25)21-8-7-13-16-17(18(21)22(13,21)20(26)28-2)24-15-10-12-6-4-3-5-11(12)9-14(15)23-16/h3-10,13,18H,1-2H3. The van der Waals surface area contributed by atoms with Crippen molar-refractivity contribution in [1.82, 2.24) is 9.97 Å². The van der Waals surface area contributed by atoms with Gasteiger partial charge in [0, 0.05) is 11.8 Å². The van der Waals surface area contributed by atoms with E-state index >= 15 is 0 Å². The van der Waals surface area contributed by atoms with E-state index in [1.165, 1.54) is 14.2 Å². The lowest BCUT2D eigenvalue weighted by Crippen LogP contribution is -2.31. The van der Waals surface area contributed by atoms with E-state index in [4.69, 9.17) is 19.4 Å². The summed E-state index contributed by atoms with van der Waals surface area (Å²) in [6.07, 6.45) is 3.69. The summed E-state index contributed by atoms with van der Waals surface area (Å²) in [5.41, 5.74) is 0.937. The Morgan fingerprint density at radius 2 is 1.54 bits per heavy atom. The first kappa shape index (κ1) is 15.7. The molecule has 4 unspecified atom stereocenters. The van der Waals surface area contributed by atoms with E-state index in [9.17, 15) is 9.59 Å². The summed E-state index contributed by atoms with van der Waals surface area (Å²) in [6.45, 7) is 0. The second-order valence-corrected chi connectivity index (χ2v) is 7.67. The van der Waals surface area contributed by atoms with Gasteiger partial charge in [-0.25, -0.2) is 9.97 Å². The number of ether oxygens (including phenoxy) is 2. The molecule has 0 aliphatic heterocycles. The maximum atomic E-state index is 12.9. The van der Waals surface area contributed by atoms with Gasteiger partial charge in [0.25, 0.3) is 0 Å². The van der Waals surface area contributed by atoms with E-state index in [1.807, 2.05) is 42.5 Å². The Labute approximate surface area is 160 Å². The van der Waals surface area contributed by atoms with Gasteiger partial charge in [0.2, 0.25) is 0 Å². The molecule has 1 heterocycles. The molecule has 6 heteroatoms. The molecular formula is C22H16N2O4. The van der Waals surface area contributed by atoms with E-state index in [0.717, 1.165) is 27.5 Å². The van der Waals surface area contributed by atoms with Crippen LogP contribution in [0.5, 0.6) is 0 Å². The van der Waals surface area contributed by atoms with Gasteiger partial charge in [-0.1, -0.05) is 36.4 Å². The van der Waals surface area contributed by atoms with Gasteiger partial charge in [-0.15, -0.1) is 0 Å². The monoisotopic (exact) mass is 372 g/mol. The number of esters is 2. The van der Waals surface area contributed by atoms with E-state index in [1.54, 1.807) is 6.08 Å². The molecule has 0 radical (unpaired) electrons. The molecule has 0 amide bonds. The number of methoxy groups -OCH3 is 2. The van der Waals surface area contributed by atoms with E-state index < -0.39 is 28.7 Å². The number of nitrogens with zero attached hydrogens (tertiary/aromatic N) is 2. The molecule has 0 N–H and O–H groups in total. The average molecular weight is 372 g/mol. The SMILES string of the molecule is COC(=O)C12C=CC3c4nc5cc6ccccc6cc5nc4C1C32C(=O)OC. The number of fused-ring (bicyclic) bond motifs is 6. The van der Waals surface area contributed by atoms with Crippen LogP contribution in [0.25, 0.3) is 21.8 Å². The second kappa shape index (κ2) is 4.76. The van der Waals surface area contributed by atoms with Crippen LogP contribution in [0.15, 0.2) is 48.6 Å². The lowest BCUT2D eigenvalue weighted by atomic mass is 9.86. The quantitative estimate of drug-likeness (QED) is 0.391. The number of carbonyl (C=O) groups is 2. The molecule has 4 atom stereocenters. The van der Waals surface area contributed by atoms with Crippen LogP contribution in [0.4, 0.5) is 0 Å². The van der Waals surface area contributed by atoms with Crippen LogP contribution in [-0.2, 0) is 19.1 Å². The number of rotatable bonds is 2. The summed E-state index contributed by atoms with van der Waals surface area (Å²) in [4.78, 5) is 35.3. The molecule has 0 spiro atoms. The van der Waals surface area contributed by atoms with Gasteiger partial charge < -0.3 is 9.47 Å². The fourth-order valence-electron chi connectivity index (χ4n) is 5.65. The number of carbonyl (C=O) groups excluding carboxylic acids is 2. The van der Waals surface area contributed by atoms with E-state index in [-0.39, 0.29) is 5.92 Å². The number of hydrogen-bond donors (Lipinski definition) is 0. The van der Waals surface area contributed by atoms with Crippen LogP contribution in [0, 0.1) is 10.8 Å². The van der Waals surface area contributed by atoms with Gasteiger partial charge in [-0.3, -0.25) is 9.59 Å². The highest BCUT2D eigenvalue weighted by Gasteiger charge is 2.93. The average Bonchev–Trinajstić information content (AvgIpc) is 3.10. The predicted octanol–water partition coefficient (Wildman–Crippen LogP) is 2.87. The van der Waals surface area contributed by atoms with Crippen molar-refractivity contribution >= 4 is 33.7 Å². The van der Waals surface area contributed by atoms with Crippen molar-refractivity contribution in [2.45, 2.75) is 11.8 Å². The summed E-state index contributed by atoms with van der Waals surface area (Å²) in [7, 11) is 2.69. The summed E-state index contributed by atoms with van der Waals surface area (Å²) in [5, 5.41) is 2.15. The molecule has 2 aromatic carbocycles. The fourth-order valence-corrected chi connectivity index (χ4v) is 5.65. The lowest BCUT2D eigenvalue weighted by Gasteiger charge is -2.20. The Bertz CT molecular complexity index is 1270. The topological polar surface area (TPSA) is 78.4 Å². The minimum absolute atomic E-state index is 0.331. The van der Waals surface area contributed by atoms with Crippen molar-refractivity contribution in [3.8, 4) is 0 Å². The van der Waals surface area contributed by atoms with Crippen molar-refractivity contribution in [2.24, 2.45) is 10.8 Å². The zero-order valence-electron chi connectivity index (χ0n) is 15.3. The van der Waals surface area contributed by atoms with Crippen LogP contribution in [0.3, 0.4) is 0 Å². The first-order chi connectivity index (χ1) is 13.6. The molecule has 3 aliphatic rings. The van der Waals surface area contributed by atoms with Crippen LogP contribution >= 0.6 is 0 Å². The molecule has 6 nitrogen and oxygen atoms in total. The Kier molecular flexibility index (Phi) is 2.68. The fraction of sp³-hybridized carbons (Fsp3) is 0.273. The molecule has 1 saturated carbocycles. The Morgan fingerprint density at radius 1 is 0.929 bits per heavy atom. The van der Waals surface area contributed by atoms with Crippen molar-refractivity contribution in [2.75, 3.05) is 14.2 Å². The first-order valence-electron chi connectivity index (χ1n) is 9.16. The van der Waals surface area contributed by atoms with Gasteiger partial charge >= 0.3 is 11.9 Å². The Balaban J connectivity index is 1.63. The van der Waals surface area contributed by atoms with Crippen LogP contribution in [0.2, 0.25) is 0 Å². The van der Waals surface area contributed by atoms with Crippen molar-refractivity contribution in [3.63, 3.8) is 0 Å². The van der Waals surface area contributed by atoms with Gasteiger partial charge in [0.05, 0.1) is 36.6 Å². The molecule has 1 aromatic heterocycles. The molecule has 6 rings (SSSR count). The summed E-state index contributed by atoms with van der Waals surface area (Å²) >= 11 is 0. The molecule has 28 heavy (non-hydrogen) atoms. The molecular weight excluding hydrogens is 356 g/mol. The highest BCUT2D eigenvalue weighted by atomic mass is 16.5. The third-order valence-corrected chi connectivity index (χ3v) is 6.76. The minimum Gasteiger partial charge on any atom is -0.469 e. The van der Waals surface area contributed by atoms with Gasteiger partial charge in [-0.2, -0.15) is 0 Å². The molecule has 0 bridgehead atoms. The molecule has 3 aliphatic carbocycles. The largest absolute Gasteiger partial charge is 0.469 e. The van der Waals surface area contributed by atoms with Crippen molar-refractivity contribution in [3.05, 3.63) is 59.9 Å². The van der Waals surface area contributed by atoms with E-state index in [0.29, 0.717) is 5.69 Å². The predicted molar refractivity (Wildman–Crippen MR) is 101 cm³/mol.